The molecule has 1 N–H and O–H groups in total. The Balaban J connectivity index is 2.04. The van der Waals surface area contributed by atoms with Crippen LogP contribution in [-0.4, -0.2) is 14.7 Å². The Morgan fingerprint density at radius 2 is 2.05 bits per heavy atom. The monoisotopic (exact) mass is 282 g/mol. The predicted molar refractivity (Wildman–Crippen MR) is 79.8 cm³/mol. The van der Waals surface area contributed by atoms with Crippen molar-refractivity contribution in [2.75, 3.05) is 0 Å². The van der Waals surface area contributed by atoms with Gasteiger partial charge in [-0.25, -0.2) is 9.37 Å². The fraction of sp³-hybridized carbons (Fsp3) is 0.235. The molecule has 0 amide bonds. The first-order chi connectivity index (χ1) is 10.1. The maximum atomic E-state index is 13.6. The number of phenols is 1. The Morgan fingerprint density at radius 3 is 2.81 bits per heavy atom. The van der Waals surface area contributed by atoms with Gasteiger partial charge in [0.25, 0.3) is 0 Å². The van der Waals surface area contributed by atoms with Crippen LogP contribution in [0.3, 0.4) is 0 Å². The van der Waals surface area contributed by atoms with Crippen LogP contribution in [0, 0.1) is 12.7 Å². The van der Waals surface area contributed by atoms with Crippen LogP contribution in [0.25, 0.3) is 22.4 Å². The predicted octanol–water partition coefficient (Wildman–Crippen LogP) is 4.19. The topological polar surface area (TPSA) is 38.1 Å². The first-order valence-electron chi connectivity index (χ1n) is 7.11. The summed E-state index contributed by atoms with van der Waals surface area (Å²) in [6.07, 6.45) is 2.18. The lowest BCUT2D eigenvalue weighted by Gasteiger charge is -2.10. The number of aromatic nitrogens is 2. The summed E-state index contributed by atoms with van der Waals surface area (Å²) >= 11 is 0. The van der Waals surface area contributed by atoms with E-state index in [-0.39, 0.29) is 11.6 Å². The molecular formula is C17H15FN2O. The number of hydrogen-bond acceptors (Lipinski definition) is 2. The van der Waals surface area contributed by atoms with E-state index in [4.69, 9.17) is 0 Å². The number of fused-ring (bicyclic) bond motifs is 1. The molecule has 1 heterocycles. The van der Waals surface area contributed by atoms with Crippen molar-refractivity contribution in [3.05, 3.63) is 47.8 Å². The average Bonchev–Trinajstić information content (AvgIpc) is 3.23. The maximum Gasteiger partial charge on any atom is 0.141 e. The minimum Gasteiger partial charge on any atom is -0.508 e. The number of phenolic OH excluding ortho intramolecular Hbond substituents is 1. The zero-order valence-electron chi connectivity index (χ0n) is 11.7. The van der Waals surface area contributed by atoms with Crippen molar-refractivity contribution in [1.82, 2.24) is 9.55 Å². The van der Waals surface area contributed by atoms with E-state index >= 15 is 0 Å². The molecule has 1 aliphatic carbocycles. The Labute approximate surface area is 121 Å². The van der Waals surface area contributed by atoms with Crippen LogP contribution in [0.5, 0.6) is 5.75 Å². The lowest BCUT2D eigenvalue weighted by atomic mass is 10.1. The quantitative estimate of drug-likeness (QED) is 0.765. The highest BCUT2D eigenvalue weighted by molar-refractivity contribution is 5.82. The number of aromatic hydroxyl groups is 1. The third-order valence-corrected chi connectivity index (χ3v) is 4.11. The van der Waals surface area contributed by atoms with E-state index in [9.17, 15) is 9.50 Å². The maximum absolute atomic E-state index is 13.6. The van der Waals surface area contributed by atoms with Crippen LogP contribution in [0.1, 0.15) is 24.4 Å². The van der Waals surface area contributed by atoms with Gasteiger partial charge in [0.05, 0.1) is 11.0 Å². The standard InChI is InChI=1S/C17H15FN2O/c1-10-13(3-2-4-16(10)21)17-19-14-8-5-11(18)9-15(14)20(17)12-6-7-12/h2-5,8-9,12,21H,6-7H2,1H3. The molecule has 0 bridgehead atoms. The lowest BCUT2D eigenvalue weighted by molar-refractivity contribution is 0.471. The fourth-order valence-electron chi connectivity index (χ4n) is 2.82. The molecule has 2 aromatic carbocycles. The van der Waals surface area contributed by atoms with Crippen LogP contribution >= 0.6 is 0 Å². The molecule has 4 heteroatoms. The second kappa shape index (κ2) is 4.32. The second-order valence-corrected chi connectivity index (χ2v) is 5.62. The lowest BCUT2D eigenvalue weighted by Crippen LogP contribution is -1.99. The number of imidazole rings is 1. The molecule has 0 atom stereocenters. The summed E-state index contributed by atoms with van der Waals surface area (Å²) < 4.78 is 15.7. The van der Waals surface area contributed by atoms with Crippen molar-refractivity contribution in [3.8, 4) is 17.1 Å². The number of benzene rings is 2. The Kier molecular flexibility index (Phi) is 2.55. The fourth-order valence-corrected chi connectivity index (χ4v) is 2.82. The van der Waals surface area contributed by atoms with Gasteiger partial charge in [-0.05, 0) is 44.0 Å². The number of halogens is 1. The van der Waals surface area contributed by atoms with Crippen LogP contribution < -0.4 is 0 Å². The molecule has 0 unspecified atom stereocenters. The van der Waals surface area contributed by atoms with E-state index in [0.29, 0.717) is 6.04 Å². The first-order valence-corrected chi connectivity index (χ1v) is 7.11. The minimum absolute atomic E-state index is 0.247. The van der Waals surface area contributed by atoms with Gasteiger partial charge in [0.1, 0.15) is 17.4 Å². The van der Waals surface area contributed by atoms with Gasteiger partial charge in [0.2, 0.25) is 0 Å². The van der Waals surface area contributed by atoms with E-state index in [0.717, 1.165) is 40.8 Å². The van der Waals surface area contributed by atoms with Gasteiger partial charge in [-0.15, -0.1) is 0 Å². The molecule has 1 aromatic heterocycles. The van der Waals surface area contributed by atoms with Gasteiger partial charge in [-0.2, -0.15) is 0 Å². The van der Waals surface area contributed by atoms with Crippen molar-refractivity contribution in [2.45, 2.75) is 25.8 Å². The van der Waals surface area contributed by atoms with Crippen LogP contribution in [0.4, 0.5) is 4.39 Å². The summed E-state index contributed by atoms with van der Waals surface area (Å²) in [6.45, 7) is 1.88. The average molecular weight is 282 g/mol. The summed E-state index contributed by atoms with van der Waals surface area (Å²) in [5.41, 5.74) is 3.32. The van der Waals surface area contributed by atoms with Crippen molar-refractivity contribution >= 4 is 11.0 Å². The molecular weight excluding hydrogens is 267 g/mol. The molecule has 0 radical (unpaired) electrons. The van der Waals surface area contributed by atoms with Crippen molar-refractivity contribution in [1.29, 1.82) is 0 Å². The highest BCUT2D eigenvalue weighted by atomic mass is 19.1. The minimum atomic E-state index is -0.247. The smallest absolute Gasteiger partial charge is 0.141 e. The number of hydrogen-bond donors (Lipinski definition) is 1. The molecule has 1 fully saturated rings. The van der Waals surface area contributed by atoms with Gasteiger partial charge in [-0.3, -0.25) is 0 Å². The molecule has 0 saturated heterocycles. The van der Waals surface area contributed by atoms with E-state index < -0.39 is 0 Å². The zero-order valence-corrected chi connectivity index (χ0v) is 11.7. The van der Waals surface area contributed by atoms with Crippen LogP contribution in [0.2, 0.25) is 0 Å². The molecule has 0 aliphatic heterocycles. The summed E-state index contributed by atoms with van der Waals surface area (Å²) in [4.78, 5) is 4.67. The number of nitrogens with zero attached hydrogens (tertiary/aromatic N) is 2. The molecule has 4 rings (SSSR count). The van der Waals surface area contributed by atoms with Crippen molar-refractivity contribution in [3.63, 3.8) is 0 Å². The van der Waals surface area contributed by atoms with Crippen LogP contribution in [0.15, 0.2) is 36.4 Å². The first kappa shape index (κ1) is 12.4. The third-order valence-electron chi connectivity index (χ3n) is 4.11. The molecule has 3 aromatic rings. The van der Waals surface area contributed by atoms with Crippen molar-refractivity contribution in [2.24, 2.45) is 0 Å². The molecule has 1 aliphatic rings. The van der Waals surface area contributed by atoms with Gasteiger partial charge < -0.3 is 9.67 Å². The van der Waals surface area contributed by atoms with E-state index in [1.54, 1.807) is 18.2 Å². The molecule has 1 saturated carbocycles. The summed E-state index contributed by atoms with van der Waals surface area (Å²) in [5, 5.41) is 9.93. The zero-order chi connectivity index (χ0) is 14.6. The van der Waals surface area contributed by atoms with Crippen molar-refractivity contribution < 1.29 is 9.50 Å². The van der Waals surface area contributed by atoms with E-state index in [1.807, 2.05) is 19.1 Å². The third kappa shape index (κ3) is 1.90. The van der Waals surface area contributed by atoms with Gasteiger partial charge in [-0.1, -0.05) is 12.1 Å². The Hall–Kier alpha value is -2.36. The van der Waals surface area contributed by atoms with Gasteiger partial charge in [0, 0.05) is 17.2 Å². The molecule has 3 nitrogen and oxygen atoms in total. The van der Waals surface area contributed by atoms with E-state index in [2.05, 4.69) is 9.55 Å². The summed E-state index contributed by atoms with van der Waals surface area (Å²) in [5.74, 6) is 0.822. The summed E-state index contributed by atoms with van der Waals surface area (Å²) in [6, 6.07) is 10.5. The SMILES string of the molecule is Cc1c(O)cccc1-c1nc2ccc(F)cc2n1C1CC1. The normalized spacial score (nSPS) is 14.8. The van der Waals surface area contributed by atoms with Gasteiger partial charge >= 0.3 is 0 Å². The van der Waals surface area contributed by atoms with E-state index in [1.165, 1.54) is 6.07 Å². The summed E-state index contributed by atoms with van der Waals surface area (Å²) in [7, 11) is 0. The highest BCUT2D eigenvalue weighted by Gasteiger charge is 2.29. The second-order valence-electron chi connectivity index (χ2n) is 5.62. The number of rotatable bonds is 2. The molecule has 106 valence electrons. The Bertz CT molecular complexity index is 849. The highest BCUT2D eigenvalue weighted by Crippen LogP contribution is 2.42. The largest absolute Gasteiger partial charge is 0.508 e. The van der Waals surface area contributed by atoms with Gasteiger partial charge in [0.15, 0.2) is 0 Å². The Morgan fingerprint density at radius 1 is 1.24 bits per heavy atom. The van der Waals surface area contributed by atoms with Crippen LogP contribution in [-0.2, 0) is 0 Å². The molecule has 21 heavy (non-hydrogen) atoms. The molecule has 0 spiro atoms.